The molecule has 0 aliphatic heterocycles. The average molecular weight is 485 g/mol. The molecule has 0 radical (unpaired) electrons. The number of aromatic hydroxyl groups is 1. The van der Waals surface area contributed by atoms with Crippen molar-refractivity contribution < 1.29 is 24.2 Å². The molecule has 36 heavy (non-hydrogen) atoms. The highest BCUT2D eigenvalue weighted by Crippen LogP contribution is 2.39. The topological polar surface area (TPSA) is 129 Å². The average Bonchev–Trinajstić information content (AvgIpc) is 3.29. The molecule has 0 fully saturated rings. The number of rotatable bonds is 6. The summed E-state index contributed by atoms with van der Waals surface area (Å²) in [5, 5.41) is 17.4. The summed E-state index contributed by atoms with van der Waals surface area (Å²) in [6.45, 7) is 0. The van der Waals surface area contributed by atoms with Gasteiger partial charge < -0.3 is 25.6 Å². The fraction of sp³-hybridized carbons (Fsp3) is 0.148. The maximum atomic E-state index is 13.0. The summed E-state index contributed by atoms with van der Waals surface area (Å²) < 4.78 is 12.2. The van der Waals surface area contributed by atoms with Crippen molar-refractivity contribution in [1.82, 2.24) is 9.78 Å². The molecule has 4 aromatic rings. The minimum atomic E-state index is -0.619. The quantitative estimate of drug-likeness (QED) is 0.383. The molecule has 3 aromatic carbocycles. The van der Waals surface area contributed by atoms with Crippen LogP contribution in [0.25, 0.3) is 16.9 Å². The molecule has 9 heteroatoms. The number of methoxy groups -OCH3 is 2. The van der Waals surface area contributed by atoms with Crippen LogP contribution < -0.4 is 20.5 Å². The van der Waals surface area contributed by atoms with E-state index in [0.717, 1.165) is 16.7 Å². The second-order valence-corrected chi connectivity index (χ2v) is 8.37. The molecule has 9 nitrogen and oxygen atoms in total. The number of benzene rings is 3. The number of phenols is 1. The molecular formula is C27H24N4O5. The summed E-state index contributed by atoms with van der Waals surface area (Å²) in [7, 11) is 3.04. The van der Waals surface area contributed by atoms with Gasteiger partial charge in [0, 0.05) is 28.4 Å². The van der Waals surface area contributed by atoms with E-state index in [4.69, 9.17) is 15.2 Å². The summed E-state index contributed by atoms with van der Waals surface area (Å²) in [6.07, 6.45) is 1.29. The molecule has 2 amide bonds. The number of amides is 2. The lowest BCUT2D eigenvalue weighted by Crippen LogP contribution is -2.15. The van der Waals surface area contributed by atoms with Gasteiger partial charge in [-0.15, -0.1) is 0 Å². The zero-order valence-electron chi connectivity index (χ0n) is 19.7. The Hall–Kier alpha value is -4.79. The number of hydrogen-bond acceptors (Lipinski definition) is 6. The van der Waals surface area contributed by atoms with Crippen molar-refractivity contribution in [1.29, 1.82) is 0 Å². The predicted molar refractivity (Wildman–Crippen MR) is 134 cm³/mol. The number of aryl methyl sites for hydroxylation is 1. The van der Waals surface area contributed by atoms with Crippen LogP contribution in [0.2, 0.25) is 0 Å². The number of carbonyl (C=O) groups excluding carboxylic acids is 2. The zero-order chi connectivity index (χ0) is 25.4. The van der Waals surface area contributed by atoms with Gasteiger partial charge in [0.1, 0.15) is 5.75 Å². The summed E-state index contributed by atoms with van der Waals surface area (Å²) >= 11 is 0. The van der Waals surface area contributed by atoms with E-state index < -0.39 is 5.91 Å². The van der Waals surface area contributed by atoms with Crippen molar-refractivity contribution in [2.24, 2.45) is 5.73 Å². The maximum Gasteiger partial charge on any atom is 0.269 e. The Morgan fingerprint density at radius 1 is 1.00 bits per heavy atom. The van der Waals surface area contributed by atoms with Gasteiger partial charge in [0.2, 0.25) is 0 Å². The number of hydrogen-bond donors (Lipinski definition) is 3. The van der Waals surface area contributed by atoms with Crippen LogP contribution in [-0.4, -0.2) is 40.9 Å². The number of aromatic nitrogens is 2. The van der Waals surface area contributed by atoms with Crippen molar-refractivity contribution >= 4 is 17.5 Å². The minimum absolute atomic E-state index is 0.0735. The third-order valence-corrected chi connectivity index (χ3v) is 6.20. The number of anilines is 1. The Morgan fingerprint density at radius 2 is 1.81 bits per heavy atom. The first kappa shape index (κ1) is 23.0. The van der Waals surface area contributed by atoms with Crippen LogP contribution in [0.1, 0.15) is 32.0 Å². The van der Waals surface area contributed by atoms with Gasteiger partial charge in [-0.3, -0.25) is 9.59 Å². The number of nitrogens with one attached hydrogen (secondary N) is 1. The van der Waals surface area contributed by atoms with Gasteiger partial charge in [-0.25, -0.2) is 4.68 Å². The molecule has 0 unspecified atom stereocenters. The third-order valence-electron chi connectivity index (χ3n) is 6.20. The number of nitrogens with zero attached hydrogens (tertiary/aromatic N) is 2. The highest BCUT2D eigenvalue weighted by Gasteiger charge is 2.28. The summed E-state index contributed by atoms with van der Waals surface area (Å²) in [6, 6.07) is 17.2. The smallest absolute Gasteiger partial charge is 0.269 e. The molecule has 1 heterocycles. The van der Waals surface area contributed by atoms with Gasteiger partial charge in [-0.05, 0) is 60.9 Å². The van der Waals surface area contributed by atoms with E-state index in [9.17, 15) is 14.7 Å². The molecule has 1 aromatic heterocycles. The molecule has 0 spiro atoms. The molecule has 182 valence electrons. The van der Waals surface area contributed by atoms with Crippen molar-refractivity contribution in [3.63, 3.8) is 0 Å². The highest BCUT2D eigenvalue weighted by molar-refractivity contribution is 6.05. The molecule has 4 N–H and O–H groups in total. The Balaban J connectivity index is 1.56. The first-order chi connectivity index (χ1) is 17.4. The lowest BCUT2D eigenvalue weighted by Gasteiger charge is -2.20. The number of primary amides is 1. The highest BCUT2D eigenvalue weighted by atomic mass is 16.5. The van der Waals surface area contributed by atoms with E-state index in [2.05, 4.69) is 10.4 Å². The Labute approximate surface area is 207 Å². The number of fused-ring (bicyclic) bond motifs is 3. The van der Waals surface area contributed by atoms with E-state index in [1.54, 1.807) is 47.1 Å². The SMILES string of the molecule is COc1ccc(C(=O)Nc2ccc3c(c2)-c2c(c(C(N)=O)nn2-c2cccc(O)c2)CC3)cc1OC. The minimum Gasteiger partial charge on any atom is -0.508 e. The van der Waals surface area contributed by atoms with Crippen LogP contribution in [0.3, 0.4) is 0 Å². The molecule has 0 atom stereocenters. The van der Waals surface area contributed by atoms with Gasteiger partial charge in [0.15, 0.2) is 17.2 Å². The van der Waals surface area contributed by atoms with Crippen LogP contribution in [0.15, 0.2) is 60.7 Å². The summed E-state index contributed by atoms with van der Waals surface area (Å²) in [5.74, 6) is 0.122. The standard InChI is InChI=1S/C27H24N4O5/c1-35-22-11-8-16(12-23(22)36-2)27(34)29-17-9-6-15-7-10-20-24(26(28)33)30-31(25(20)21(15)13-17)18-4-3-5-19(32)14-18/h3-6,8-9,11-14,32H,7,10H2,1-2H3,(H2,28,33)(H,29,34). The van der Waals surface area contributed by atoms with Gasteiger partial charge in [-0.2, -0.15) is 5.10 Å². The Bertz CT molecular complexity index is 1510. The van der Waals surface area contributed by atoms with Gasteiger partial charge in [0.05, 0.1) is 25.6 Å². The van der Waals surface area contributed by atoms with Crippen LogP contribution in [0.5, 0.6) is 17.2 Å². The number of phenolic OH excluding ortho intramolecular Hbond substituents is 1. The lowest BCUT2D eigenvalue weighted by atomic mass is 9.88. The second kappa shape index (κ2) is 9.10. The lowest BCUT2D eigenvalue weighted by molar-refractivity contribution is 0.0992. The summed E-state index contributed by atoms with van der Waals surface area (Å²) in [5.41, 5.74) is 10.7. The summed E-state index contributed by atoms with van der Waals surface area (Å²) in [4.78, 5) is 25.2. The molecule has 0 saturated heterocycles. The first-order valence-corrected chi connectivity index (χ1v) is 11.3. The Morgan fingerprint density at radius 3 is 2.53 bits per heavy atom. The fourth-order valence-electron chi connectivity index (χ4n) is 4.51. The van der Waals surface area contributed by atoms with Crippen molar-refractivity contribution in [2.75, 3.05) is 19.5 Å². The normalized spacial score (nSPS) is 11.8. The molecule has 5 rings (SSSR count). The monoisotopic (exact) mass is 484 g/mol. The van der Waals surface area contributed by atoms with E-state index in [1.165, 1.54) is 14.2 Å². The van der Waals surface area contributed by atoms with Gasteiger partial charge in [0.25, 0.3) is 11.8 Å². The van der Waals surface area contributed by atoms with Gasteiger partial charge in [-0.1, -0.05) is 12.1 Å². The fourth-order valence-corrected chi connectivity index (χ4v) is 4.51. The maximum absolute atomic E-state index is 13.0. The predicted octanol–water partition coefficient (Wildman–Crippen LogP) is 3.71. The third kappa shape index (κ3) is 4.00. The molecule has 1 aliphatic rings. The van der Waals surface area contributed by atoms with E-state index >= 15 is 0 Å². The number of ether oxygens (including phenoxy) is 2. The van der Waals surface area contributed by atoms with Crippen LogP contribution in [-0.2, 0) is 12.8 Å². The first-order valence-electron chi connectivity index (χ1n) is 11.3. The van der Waals surface area contributed by atoms with Crippen LogP contribution in [0, 0.1) is 0 Å². The molecular weight excluding hydrogens is 460 g/mol. The van der Waals surface area contributed by atoms with E-state index in [1.807, 2.05) is 18.2 Å². The van der Waals surface area contributed by atoms with Gasteiger partial charge >= 0.3 is 0 Å². The number of nitrogens with two attached hydrogens (primary N) is 1. The van der Waals surface area contributed by atoms with Crippen LogP contribution >= 0.6 is 0 Å². The van der Waals surface area contributed by atoms with E-state index in [-0.39, 0.29) is 17.4 Å². The van der Waals surface area contributed by atoms with Crippen LogP contribution in [0.4, 0.5) is 5.69 Å². The molecule has 0 saturated carbocycles. The zero-order valence-corrected chi connectivity index (χ0v) is 19.7. The molecule has 1 aliphatic carbocycles. The van der Waals surface area contributed by atoms with Crippen molar-refractivity contribution in [3.05, 3.63) is 83.0 Å². The largest absolute Gasteiger partial charge is 0.508 e. The Kier molecular flexibility index (Phi) is 5.81. The van der Waals surface area contributed by atoms with Crippen molar-refractivity contribution in [2.45, 2.75) is 12.8 Å². The second-order valence-electron chi connectivity index (χ2n) is 8.37. The number of carbonyl (C=O) groups is 2. The molecule has 0 bridgehead atoms. The van der Waals surface area contributed by atoms with E-state index in [0.29, 0.717) is 47.0 Å². The van der Waals surface area contributed by atoms with Crippen molar-refractivity contribution in [3.8, 4) is 34.2 Å².